The van der Waals surface area contributed by atoms with E-state index in [-0.39, 0.29) is 15.4 Å². The van der Waals surface area contributed by atoms with Crippen molar-refractivity contribution in [3.05, 3.63) is 0 Å². The maximum atomic E-state index is 5.91. The Hall–Kier alpha value is 0.137. The van der Waals surface area contributed by atoms with Gasteiger partial charge in [0.25, 0.3) is 0 Å². The molecule has 3 heteroatoms. The van der Waals surface area contributed by atoms with Gasteiger partial charge in [-0.05, 0) is 38.8 Å². The predicted octanol–water partition coefficient (Wildman–Crippen LogP) is 1.43. The van der Waals surface area contributed by atoms with Gasteiger partial charge in [-0.1, -0.05) is 13.8 Å². The summed E-state index contributed by atoms with van der Waals surface area (Å²) in [5.74, 6) is 0. The lowest BCUT2D eigenvalue weighted by atomic mass is 10.0. The molecule has 0 aromatic carbocycles. The maximum Gasteiger partial charge on any atom is 0.162 e. The standard InChI is InChI=1S/C9H23NOSi/c1-4-9(3,5-2)11-12-8-6-7-10/h4-8,10,12H2,1-3H3. The van der Waals surface area contributed by atoms with Crippen LogP contribution in [0, 0.1) is 0 Å². The van der Waals surface area contributed by atoms with Crippen LogP contribution in [0.15, 0.2) is 0 Å². The van der Waals surface area contributed by atoms with Gasteiger partial charge in [0.2, 0.25) is 0 Å². The van der Waals surface area contributed by atoms with Crippen molar-refractivity contribution in [2.75, 3.05) is 6.54 Å². The van der Waals surface area contributed by atoms with E-state index in [2.05, 4.69) is 20.8 Å². The highest BCUT2D eigenvalue weighted by molar-refractivity contribution is 6.27. The van der Waals surface area contributed by atoms with Crippen LogP contribution in [-0.2, 0) is 4.43 Å². The normalized spacial score (nSPS) is 13.0. The summed E-state index contributed by atoms with van der Waals surface area (Å²) in [4.78, 5) is 0. The molecular weight excluding hydrogens is 166 g/mol. The second-order valence-corrected chi connectivity index (χ2v) is 4.91. The minimum atomic E-state index is -0.306. The molecule has 0 saturated carbocycles. The Morgan fingerprint density at radius 2 is 1.92 bits per heavy atom. The SMILES string of the molecule is CCC(C)(CC)O[SiH2]CCCN. The molecule has 0 rings (SSSR count). The van der Waals surface area contributed by atoms with Gasteiger partial charge in [0.15, 0.2) is 9.76 Å². The van der Waals surface area contributed by atoms with Crippen molar-refractivity contribution < 1.29 is 4.43 Å². The second-order valence-electron chi connectivity index (χ2n) is 3.50. The first-order valence-corrected chi connectivity index (χ1v) is 6.60. The molecule has 2 nitrogen and oxygen atoms in total. The van der Waals surface area contributed by atoms with E-state index in [9.17, 15) is 0 Å². The molecule has 0 fully saturated rings. The largest absolute Gasteiger partial charge is 0.419 e. The Labute approximate surface area is 78.8 Å². The summed E-state index contributed by atoms with van der Waals surface area (Å²) in [5, 5.41) is 0. The van der Waals surface area contributed by atoms with Crippen LogP contribution < -0.4 is 5.73 Å². The van der Waals surface area contributed by atoms with Crippen LogP contribution in [0.2, 0.25) is 6.04 Å². The van der Waals surface area contributed by atoms with Crippen LogP contribution in [0.4, 0.5) is 0 Å². The molecule has 2 N–H and O–H groups in total. The Balaban J connectivity index is 3.45. The predicted molar refractivity (Wildman–Crippen MR) is 57.1 cm³/mol. The van der Waals surface area contributed by atoms with Crippen LogP contribution in [0.5, 0.6) is 0 Å². The van der Waals surface area contributed by atoms with Gasteiger partial charge in [0, 0.05) is 0 Å². The lowest BCUT2D eigenvalue weighted by Gasteiger charge is -2.27. The monoisotopic (exact) mass is 189 g/mol. The van der Waals surface area contributed by atoms with Crippen molar-refractivity contribution >= 4 is 9.76 Å². The summed E-state index contributed by atoms with van der Waals surface area (Å²) in [6.45, 7) is 7.41. The summed E-state index contributed by atoms with van der Waals surface area (Å²) < 4.78 is 5.91. The van der Waals surface area contributed by atoms with Crippen LogP contribution in [0.1, 0.15) is 40.0 Å². The third kappa shape index (κ3) is 4.90. The van der Waals surface area contributed by atoms with Crippen molar-refractivity contribution in [2.24, 2.45) is 5.73 Å². The molecule has 0 saturated heterocycles. The minimum Gasteiger partial charge on any atom is -0.419 e. The van der Waals surface area contributed by atoms with Crippen LogP contribution in [0.25, 0.3) is 0 Å². The third-order valence-electron chi connectivity index (χ3n) is 2.54. The van der Waals surface area contributed by atoms with E-state index in [4.69, 9.17) is 10.2 Å². The van der Waals surface area contributed by atoms with Gasteiger partial charge >= 0.3 is 0 Å². The fraction of sp³-hybridized carbons (Fsp3) is 1.00. The quantitative estimate of drug-likeness (QED) is 0.486. The zero-order valence-electron chi connectivity index (χ0n) is 8.73. The molecule has 0 atom stereocenters. The van der Waals surface area contributed by atoms with Gasteiger partial charge in [-0.15, -0.1) is 0 Å². The average molecular weight is 189 g/mol. The van der Waals surface area contributed by atoms with E-state index in [1.165, 1.54) is 6.04 Å². The van der Waals surface area contributed by atoms with Crippen molar-refractivity contribution in [3.8, 4) is 0 Å². The summed E-state index contributed by atoms with van der Waals surface area (Å²) in [6.07, 6.45) is 3.38. The van der Waals surface area contributed by atoms with E-state index in [1.807, 2.05) is 0 Å². The first-order valence-electron chi connectivity index (χ1n) is 5.02. The number of rotatable bonds is 7. The van der Waals surface area contributed by atoms with Gasteiger partial charge in [-0.25, -0.2) is 0 Å². The highest BCUT2D eigenvalue weighted by Crippen LogP contribution is 2.18. The fourth-order valence-corrected chi connectivity index (χ4v) is 2.56. The Morgan fingerprint density at radius 3 is 2.33 bits per heavy atom. The Morgan fingerprint density at radius 1 is 1.33 bits per heavy atom. The first-order chi connectivity index (χ1) is 5.68. The fourth-order valence-electron chi connectivity index (χ4n) is 1.02. The molecule has 0 unspecified atom stereocenters. The summed E-state index contributed by atoms with van der Waals surface area (Å²) in [7, 11) is -0.306. The summed E-state index contributed by atoms with van der Waals surface area (Å²) in [6, 6.07) is 1.23. The Bertz CT molecular complexity index is 105. The zero-order valence-corrected chi connectivity index (χ0v) is 10.1. The van der Waals surface area contributed by atoms with E-state index < -0.39 is 0 Å². The maximum absolute atomic E-state index is 5.91. The number of nitrogens with two attached hydrogens (primary N) is 1. The van der Waals surface area contributed by atoms with Crippen molar-refractivity contribution in [2.45, 2.75) is 51.7 Å². The molecule has 0 spiro atoms. The summed E-state index contributed by atoms with van der Waals surface area (Å²) in [5.41, 5.74) is 5.56. The minimum absolute atomic E-state index is 0.154. The van der Waals surface area contributed by atoms with E-state index in [0.717, 1.165) is 25.8 Å². The van der Waals surface area contributed by atoms with Crippen LogP contribution in [-0.4, -0.2) is 21.9 Å². The molecule has 0 radical (unpaired) electrons. The average Bonchev–Trinajstić information content (AvgIpc) is 2.12. The lowest BCUT2D eigenvalue weighted by Crippen LogP contribution is -2.28. The molecule has 0 aliphatic rings. The molecule has 0 bridgehead atoms. The second kappa shape index (κ2) is 6.63. The van der Waals surface area contributed by atoms with Gasteiger partial charge < -0.3 is 10.2 Å². The molecule has 0 aliphatic carbocycles. The van der Waals surface area contributed by atoms with Crippen molar-refractivity contribution in [1.82, 2.24) is 0 Å². The molecule has 0 heterocycles. The molecule has 0 aromatic rings. The molecule has 0 amide bonds. The lowest BCUT2D eigenvalue weighted by molar-refractivity contribution is 0.0851. The zero-order chi connectivity index (χ0) is 9.45. The number of hydrogen-bond acceptors (Lipinski definition) is 2. The molecule has 12 heavy (non-hydrogen) atoms. The molecule has 0 aliphatic heterocycles. The smallest absolute Gasteiger partial charge is 0.162 e. The van der Waals surface area contributed by atoms with Gasteiger partial charge in [-0.3, -0.25) is 0 Å². The highest BCUT2D eigenvalue weighted by Gasteiger charge is 2.18. The van der Waals surface area contributed by atoms with Crippen molar-refractivity contribution in [1.29, 1.82) is 0 Å². The Kier molecular flexibility index (Phi) is 6.71. The van der Waals surface area contributed by atoms with Crippen LogP contribution in [0.3, 0.4) is 0 Å². The van der Waals surface area contributed by atoms with Crippen LogP contribution >= 0.6 is 0 Å². The highest BCUT2D eigenvalue weighted by atomic mass is 28.2. The first kappa shape index (κ1) is 12.1. The molecular formula is C9H23NOSi. The van der Waals surface area contributed by atoms with Gasteiger partial charge in [0.05, 0.1) is 5.60 Å². The number of hydrogen-bond donors (Lipinski definition) is 1. The van der Waals surface area contributed by atoms with E-state index in [1.54, 1.807) is 0 Å². The summed E-state index contributed by atoms with van der Waals surface area (Å²) >= 11 is 0. The topological polar surface area (TPSA) is 35.2 Å². The van der Waals surface area contributed by atoms with Gasteiger partial charge in [0.1, 0.15) is 0 Å². The van der Waals surface area contributed by atoms with Gasteiger partial charge in [-0.2, -0.15) is 0 Å². The van der Waals surface area contributed by atoms with Crippen molar-refractivity contribution in [3.63, 3.8) is 0 Å². The van der Waals surface area contributed by atoms with E-state index >= 15 is 0 Å². The third-order valence-corrected chi connectivity index (χ3v) is 4.23. The molecule has 74 valence electrons. The molecule has 0 aromatic heterocycles. The van der Waals surface area contributed by atoms with E-state index in [0.29, 0.717) is 0 Å².